The van der Waals surface area contributed by atoms with E-state index in [1.165, 1.54) is 0 Å². The van der Waals surface area contributed by atoms with E-state index in [1.54, 1.807) is 19.9 Å². The molecule has 0 fully saturated rings. The summed E-state index contributed by atoms with van der Waals surface area (Å²) >= 11 is 0. The fourth-order valence-electron chi connectivity index (χ4n) is 1.57. The first kappa shape index (κ1) is 14.4. The fraction of sp³-hybridized carbons (Fsp3) is 0.400. The number of rotatable bonds is 5. The van der Waals surface area contributed by atoms with Crippen LogP contribution in [0.1, 0.15) is 21.7 Å². The molecule has 0 unspecified atom stereocenters. The Kier molecular flexibility index (Phi) is 4.25. The first-order chi connectivity index (χ1) is 8.20. The smallest absolute Gasteiger partial charge is 0.339 e. The molecule has 0 aliphatic heterocycles. The van der Waals surface area contributed by atoms with Crippen LogP contribution < -0.4 is 10.5 Å². The molecule has 7 nitrogen and oxygen atoms in total. The van der Waals surface area contributed by atoms with Gasteiger partial charge in [0, 0.05) is 12.2 Å². The second-order valence-electron chi connectivity index (χ2n) is 3.87. The highest BCUT2D eigenvalue weighted by molar-refractivity contribution is 7.89. The van der Waals surface area contributed by atoms with Crippen molar-refractivity contribution in [1.82, 2.24) is 4.98 Å². The van der Waals surface area contributed by atoms with Crippen molar-refractivity contribution in [3.05, 3.63) is 23.0 Å². The second-order valence-corrected chi connectivity index (χ2v) is 5.60. The van der Waals surface area contributed by atoms with Crippen LogP contribution in [-0.2, 0) is 10.0 Å². The molecule has 1 aromatic heterocycles. The number of carbonyl (C=O) groups is 1. The number of carboxylic acids is 1. The number of sulfonamides is 1. The predicted octanol–water partition coefficient (Wildman–Crippen LogP) is 0.0970. The average molecular weight is 273 g/mol. The summed E-state index contributed by atoms with van der Waals surface area (Å²) in [6.45, 7) is 3.35. The lowest BCUT2D eigenvalue weighted by Gasteiger charge is -2.11. The largest absolute Gasteiger partial charge is 0.478 e. The number of nitrogens with two attached hydrogens (primary N) is 1. The first-order valence-corrected chi connectivity index (χ1v) is 6.88. The number of hydrogen-bond acceptors (Lipinski definition) is 5. The van der Waals surface area contributed by atoms with Gasteiger partial charge < -0.3 is 10.4 Å². The molecule has 0 saturated carbocycles. The van der Waals surface area contributed by atoms with Gasteiger partial charge in [0.2, 0.25) is 10.0 Å². The minimum atomic E-state index is -3.57. The molecule has 100 valence electrons. The zero-order chi connectivity index (χ0) is 13.9. The molecule has 0 aliphatic rings. The summed E-state index contributed by atoms with van der Waals surface area (Å²) < 4.78 is 21.6. The van der Waals surface area contributed by atoms with Gasteiger partial charge in [-0.05, 0) is 19.9 Å². The molecule has 1 heterocycles. The van der Waals surface area contributed by atoms with E-state index < -0.39 is 16.0 Å². The van der Waals surface area contributed by atoms with Crippen LogP contribution >= 0.6 is 0 Å². The minimum absolute atomic E-state index is 0.0371. The number of aromatic nitrogens is 1. The van der Waals surface area contributed by atoms with Gasteiger partial charge in [-0.3, -0.25) is 4.98 Å². The van der Waals surface area contributed by atoms with Crippen molar-refractivity contribution in [2.24, 2.45) is 5.14 Å². The summed E-state index contributed by atoms with van der Waals surface area (Å²) in [5.74, 6) is -1.38. The Labute approximate surface area is 105 Å². The summed E-state index contributed by atoms with van der Waals surface area (Å²) in [7, 11) is -3.57. The van der Waals surface area contributed by atoms with E-state index in [0.29, 0.717) is 17.1 Å². The summed E-state index contributed by atoms with van der Waals surface area (Å²) in [5.41, 5.74) is 1.40. The molecule has 0 aliphatic carbocycles. The Morgan fingerprint density at radius 1 is 1.50 bits per heavy atom. The standard InChI is InChI=1S/C10H15N3O4S/c1-6-5-8(12-3-4-18(11,16)17)9(10(14)15)7(2)13-6/h5H,3-4H2,1-2H3,(H,12,13)(H,14,15)(H2,11,16,17). The fourth-order valence-corrected chi connectivity index (χ4v) is 1.95. The quantitative estimate of drug-likeness (QED) is 0.699. The Hall–Kier alpha value is -1.67. The number of primary sulfonamides is 1. The van der Waals surface area contributed by atoms with Crippen LogP contribution in [0.5, 0.6) is 0 Å². The molecule has 18 heavy (non-hydrogen) atoms. The molecule has 1 aromatic rings. The van der Waals surface area contributed by atoms with Gasteiger partial charge in [0.05, 0.1) is 17.1 Å². The van der Waals surface area contributed by atoms with E-state index in [0.717, 1.165) is 0 Å². The Morgan fingerprint density at radius 3 is 2.61 bits per heavy atom. The van der Waals surface area contributed by atoms with Gasteiger partial charge in [-0.15, -0.1) is 0 Å². The zero-order valence-electron chi connectivity index (χ0n) is 10.1. The van der Waals surface area contributed by atoms with Crippen LogP contribution in [0.15, 0.2) is 6.07 Å². The minimum Gasteiger partial charge on any atom is -0.478 e. The molecular formula is C10H15N3O4S. The number of aryl methyl sites for hydroxylation is 2. The number of aromatic carboxylic acids is 1. The van der Waals surface area contributed by atoms with Gasteiger partial charge in [-0.1, -0.05) is 0 Å². The Bertz CT molecular complexity index is 569. The van der Waals surface area contributed by atoms with Gasteiger partial charge in [0.1, 0.15) is 5.56 Å². The Balaban J connectivity index is 2.97. The van der Waals surface area contributed by atoms with Gasteiger partial charge in [0.25, 0.3) is 0 Å². The normalized spacial score (nSPS) is 11.3. The number of nitrogens with zero attached hydrogens (tertiary/aromatic N) is 1. The number of pyridine rings is 1. The highest BCUT2D eigenvalue weighted by Gasteiger charge is 2.15. The first-order valence-electron chi connectivity index (χ1n) is 5.16. The van der Waals surface area contributed by atoms with Gasteiger partial charge in [-0.25, -0.2) is 18.4 Å². The van der Waals surface area contributed by atoms with E-state index in [-0.39, 0.29) is 17.9 Å². The van der Waals surface area contributed by atoms with E-state index in [9.17, 15) is 13.2 Å². The van der Waals surface area contributed by atoms with Crippen molar-refractivity contribution >= 4 is 21.7 Å². The Morgan fingerprint density at radius 2 is 2.11 bits per heavy atom. The maximum Gasteiger partial charge on any atom is 0.339 e. The zero-order valence-corrected chi connectivity index (χ0v) is 10.9. The molecule has 0 amide bonds. The predicted molar refractivity (Wildman–Crippen MR) is 67.1 cm³/mol. The van der Waals surface area contributed by atoms with Crippen molar-refractivity contribution in [2.45, 2.75) is 13.8 Å². The molecule has 0 radical (unpaired) electrons. The van der Waals surface area contributed by atoms with Crippen LogP contribution in [0.4, 0.5) is 5.69 Å². The lowest BCUT2D eigenvalue weighted by Crippen LogP contribution is -2.23. The molecule has 0 spiro atoms. The summed E-state index contributed by atoms with van der Waals surface area (Å²) in [4.78, 5) is 15.1. The van der Waals surface area contributed by atoms with Crippen molar-refractivity contribution in [2.75, 3.05) is 17.6 Å². The van der Waals surface area contributed by atoms with Crippen LogP contribution in [0.25, 0.3) is 0 Å². The maximum atomic E-state index is 11.1. The number of hydrogen-bond donors (Lipinski definition) is 3. The number of carboxylic acid groups (broad SMARTS) is 1. The highest BCUT2D eigenvalue weighted by Crippen LogP contribution is 2.19. The second kappa shape index (κ2) is 5.32. The molecular weight excluding hydrogens is 258 g/mol. The summed E-state index contributed by atoms with van der Waals surface area (Å²) in [5, 5.41) is 16.7. The van der Waals surface area contributed by atoms with Crippen molar-refractivity contribution in [1.29, 1.82) is 0 Å². The molecule has 0 atom stereocenters. The van der Waals surface area contributed by atoms with Gasteiger partial charge in [-0.2, -0.15) is 0 Å². The van der Waals surface area contributed by atoms with Gasteiger partial charge >= 0.3 is 5.97 Å². The third-order valence-corrected chi connectivity index (χ3v) is 3.02. The topological polar surface area (TPSA) is 122 Å². The molecule has 4 N–H and O–H groups in total. The molecule has 0 aromatic carbocycles. The number of nitrogens with one attached hydrogen (secondary N) is 1. The molecule has 8 heteroatoms. The van der Waals surface area contributed by atoms with Crippen LogP contribution in [-0.4, -0.2) is 36.8 Å². The van der Waals surface area contributed by atoms with E-state index in [1.807, 2.05) is 0 Å². The van der Waals surface area contributed by atoms with Crippen molar-refractivity contribution in [3.63, 3.8) is 0 Å². The highest BCUT2D eigenvalue weighted by atomic mass is 32.2. The van der Waals surface area contributed by atoms with E-state index in [4.69, 9.17) is 10.2 Å². The maximum absolute atomic E-state index is 11.1. The molecule has 1 rings (SSSR count). The number of anilines is 1. The third kappa shape index (κ3) is 3.97. The van der Waals surface area contributed by atoms with E-state index in [2.05, 4.69) is 10.3 Å². The summed E-state index contributed by atoms with van der Waals surface area (Å²) in [6.07, 6.45) is 0. The van der Waals surface area contributed by atoms with Crippen molar-refractivity contribution in [3.8, 4) is 0 Å². The lowest BCUT2D eigenvalue weighted by atomic mass is 10.1. The molecule has 0 bridgehead atoms. The molecule has 0 saturated heterocycles. The van der Waals surface area contributed by atoms with Gasteiger partial charge in [0.15, 0.2) is 0 Å². The monoisotopic (exact) mass is 273 g/mol. The summed E-state index contributed by atoms with van der Waals surface area (Å²) in [6, 6.07) is 1.56. The van der Waals surface area contributed by atoms with Crippen LogP contribution in [0.3, 0.4) is 0 Å². The van der Waals surface area contributed by atoms with Crippen LogP contribution in [0, 0.1) is 13.8 Å². The van der Waals surface area contributed by atoms with E-state index >= 15 is 0 Å². The third-order valence-electron chi connectivity index (χ3n) is 2.24. The average Bonchev–Trinajstić information content (AvgIpc) is 2.13. The SMILES string of the molecule is Cc1cc(NCCS(N)(=O)=O)c(C(=O)O)c(C)n1. The van der Waals surface area contributed by atoms with Crippen molar-refractivity contribution < 1.29 is 18.3 Å². The lowest BCUT2D eigenvalue weighted by molar-refractivity contribution is 0.0696. The van der Waals surface area contributed by atoms with Crippen LogP contribution in [0.2, 0.25) is 0 Å².